The van der Waals surface area contributed by atoms with Gasteiger partial charge in [0.05, 0.1) is 25.3 Å². The first kappa shape index (κ1) is 14.8. The number of nitrogens with one attached hydrogen (secondary N) is 1. The Bertz CT molecular complexity index is 409. The largest absolute Gasteiger partial charge is 0.496 e. The fraction of sp³-hybridized carbons (Fsp3) is 0.462. The van der Waals surface area contributed by atoms with Crippen LogP contribution in [0.25, 0.3) is 0 Å². The van der Waals surface area contributed by atoms with Gasteiger partial charge in [0.15, 0.2) is 0 Å². The van der Waals surface area contributed by atoms with Gasteiger partial charge in [-0.3, -0.25) is 4.79 Å². The van der Waals surface area contributed by atoms with Crippen LogP contribution in [-0.4, -0.2) is 38.7 Å². The van der Waals surface area contributed by atoms with Gasteiger partial charge in [-0.1, -0.05) is 11.6 Å². The van der Waals surface area contributed by atoms with E-state index in [-0.39, 0.29) is 11.9 Å². The molecule has 18 heavy (non-hydrogen) atoms. The highest BCUT2D eigenvalue weighted by molar-refractivity contribution is 6.18. The summed E-state index contributed by atoms with van der Waals surface area (Å²) >= 11 is 5.76. The van der Waals surface area contributed by atoms with Crippen LogP contribution >= 0.6 is 11.6 Å². The van der Waals surface area contributed by atoms with Crippen molar-refractivity contribution in [3.63, 3.8) is 0 Å². The van der Waals surface area contributed by atoms with Gasteiger partial charge >= 0.3 is 0 Å². The Labute approximate surface area is 112 Å². The molecule has 1 rings (SSSR count). The van der Waals surface area contributed by atoms with Gasteiger partial charge in [0.25, 0.3) is 5.91 Å². The molecule has 1 aromatic carbocycles. The molecule has 0 saturated carbocycles. The van der Waals surface area contributed by atoms with E-state index in [1.165, 1.54) is 7.11 Å². The second-order valence-electron chi connectivity index (χ2n) is 3.98. The van der Waals surface area contributed by atoms with Crippen molar-refractivity contribution in [2.24, 2.45) is 0 Å². The molecule has 0 aromatic heterocycles. The quantitative estimate of drug-likeness (QED) is 0.805. The molecule has 1 aromatic rings. The van der Waals surface area contributed by atoms with Gasteiger partial charge in [0.1, 0.15) is 5.75 Å². The molecule has 1 atom stereocenters. The molecule has 0 heterocycles. The topological polar surface area (TPSA) is 47.6 Å². The van der Waals surface area contributed by atoms with E-state index in [9.17, 15) is 4.79 Å². The van der Waals surface area contributed by atoms with Gasteiger partial charge < -0.3 is 14.8 Å². The van der Waals surface area contributed by atoms with E-state index >= 15 is 0 Å². The molecule has 0 saturated heterocycles. The van der Waals surface area contributed by atoms with E-state index in [1.54, 1.807) is 19.2 Å². The van der Waals surface area contributed by atoms with E-state index in [1.807, 2.05) is 13.0 Å². The molecule has 0 aliphatic rings. The Morgan fingerprint density at radius 3 is 2.72 bits per heavy atom. The second-order valence-corrected chi connectivity index (χ2v) is 4.29. The number of methoxy groups -OCH3 is 2. The van der Waals surface area contributed by atoms with Crippen molar-refractivity contribution in [2.75, 3.05) is 26.7 Å². The standard InChI is InChI=1S/C13H18ClNO3/c1-9-4-5-12(18-3)11(6-9)13(16)15-10(7-14)8-17-2/h4-6,10H,7-8H2,1-3H3,(H,15,16). The fourth-order valence-electron chi connectivity index (χ4n) is 1.59. The first-order valence-electron chi connectivity index (χ1n) is 5.62. The maximum Gasteiger partial charge on any atom is 0.255 e. The summed E-state index contributed by atoms with van der Waals surface area (Å²) in [4.78, 5) is 12.1. The smallest absolute Gasteiger partial charge is 0.255 e. The van der Waals surface area contributed by atoms with E-state index in [2.05, 4.69) is 5.32 Å². The average Bonchev–Trinajstić information content (AvgIpc) is 2.38. The fourth-order valence-corrected chi connectivity index (χ4v) is 1.75. The predicted molar refractivity (Wildman–Crippen MR) is 71.6 cm³/mol. The van der Waals surface area contributed by atoms with E-state index < -0.39 is 0 Å². The highest BCUT2D eigenvalue weighted by Gasteiger charge is 2.16. The SMILES string of the molecule is COCC(CCl)NC(=O)c1cc(C)ccc1OC. The van der Waals surface area contributed by atoms with Crippen LogP contribution in [0.2, 0.25) is 0 Å². The van der Waals surface area contributed by atoms with Crippen molar-refractivity contribution in [3.05, 3.63) is 29.3 Å². The van der Waals surface area contributed by atoms with Crippen molar-refractivity contribution in [1.29, 1.82) is 0 Å². The minimum atomic E-state index is -0.214. The summed E-state index contributed by atoms with van der Waals surface area (Å²) < 4.78 is 10.2. The Morgan fingerprint density at radius 2 is 2.17 bits per heavy atom. The van der Waals surface area contributed by atoms with Crippen LogP contribution in [0.4, 0.5) is 0 Å². The predicted octanol–water partition coefficient (Wildman–Crippen LogP) is 1.99. The number of hydrogen-bond donors (Lipinski definition) is 1. The summed E-state index contributed by atoms with van der Waals surface area (Å²) in [5.41, 5.74) is 1.50. The molecule has 0 fully saturated rings. The number of rotatable bonds is 6. The minimum absolute atomic E-state index is 0.210. The number of amides is 1. The Balaban J connectivity index is 2.85. The van der Waals surface area contributed by atoms with E-state index in [0.717, 1.165) is 5.56 Å². The van der Waals surface area contributed by atoms with Gasteiger partial charge in [-0.2, -0.15) is 0 Å². The highest BCUT2D eigenvalue weighted by atomic mass is 35.5. The molecule has 1 amide bonds. The molecule has 0 aliphatic heterocycles. The lowest BCUT2D eigenvalue weighted by molar-refractivity contribution is 0.0904. The zero-order valence-corrected chi connectivity index (χ0v) is 11.6. The van der Waals surface area contributed by atoms with Crippen molar-refractivity contribution >= 4 is 17.5 Å². The number of halogens is 1. The molecule has 1 unspecified atom stereocenters. The highest BCUT2D eigenvalue weighted by Crippen LogP contribution is 2.19. The third kappa shape index (κ3) is 3.89. The minimum Gasteiger partial charge on any atom is -0.496 e. The summed E-state index contributed by atoms with van der Waals surface area (Å²) in [6.07, 6.45) is 0. The number of carbonyl (C=O) groups is 1. The van der Waals surface area contributed by atoms with Crippen LogP contribution in [0.1, 0.15) is 15.9 Å². The molecule has 0 radical (unpaired) electrons. The van der Waals surface area contributed by atoms with E-state index in [0.29, 0.717) is 23.8 Å². The van der Waals surface area contributed by atoms with Crippen molar-refractivity contribution in [1.82, 2.24) is 5.32 Å². The first-order chi connectivity index (χ1) is 8.62. The summed E-state index contributed by atoms with van der Waals surface area (Å²) in [5, 5.41) is 2.81. The van der Waals surface area contributed by atoms with E-state index in [4.69, 9.17) is 21.1 Å². The van der Waals surface area contributed by atoms with Crippen molar-refractivity contribution in [3.8, 4) is 5.75 Å². The number of ether oxygens (including phenoxy) is 2. The molecule has 5 heteroatoms. The molecule has 0 spiro atoms. The lowest BCUT2D eigenvalue weighted by Crippen LogP contribution is -2.39. The average molecular weight is 272 g/mol. The number of alkyl halides is 1. The summed E-state index contributed by atoms with van der Waals surface area (Å²) in [6.45, 7) is 2.30. The Hall–Kier alpha value is -1.26. The zero-order chi connectivity index (χ0) is 13.5. The van der Waals surface area contributed by atoms with Gasteiger partial charge in [-0.15, -0.1) is 11.6 Å². The number of aryl methyl sites for hydroxylation is 1. The molecule has 4 nitrogen and oxygen atoms in total. The van der Waals surface area contributed by atoms with Crippen LogP contribution in [0.15, 0.2) is 18.2 Å². The van der Waals surface area contributed by atoms with Gasteiger partial charge in [-0.25, -0.2) is 0 Å². The van der Waals surface area contributed by atoms with Crippen molar-refractivity contribution < 1.29 is 14.3 Å². The lowest BCUT2D eigenvalue weighted by atomic mass is 10.1. The third-order valence-corrected chi connectivity index (χ3v) is 2.86. The molecular weight excluding hydrogens is 254 g/mol. The van der Waals surface area contributed by atoms with Gasteiger partial charge in [0.2, 0.25) is 0 Å². The molecular formula is C13H18ClNO3. The normalized spacial score (nSPS) is 12.0. The number of carbonyl (C=O) groups excluding carboxylic acids is 1. The van der Waals surface area contributed by atoms with Gasteiger partial charge in [0, 0.05) is 13.0 Å². The van der Waals surface area contributed by atoms with Crippen LogP contribution in [-0.2, 0) is 4.74 Å². The summed E-state index contributed by atoms with van der Waals surface area (Å²) in [5.74, 6) is 0.635. The van der Waals surface area contributed by atoms with Crippen LogP contribution in [0.5, 0.6) is 5.75 Å². The molecule has 0 aliphatic carbocycles. The van der Waals surface area contributed by atoms with Crippen LogP contribution in [0, 0.1) is 6.92 Å². The number of benzene rings is 1. The zero-order valence-electron chi connectivity index (χ0n) is 10.8. The molecule has 100 valence electrons. The lowest BCUT2D eigenvalue weighted by Gasteiger charge is -2.16. The van der Waals surface area contributed by atoms with Crippen molar-refractivity contribution in [2.45, 2.75) is 13.0 Å². The maximum atomic E-state index is 12.1. The van der Waals surface area contributed by atoms with Gasteiger partial charge in [-0.05, 0) is 19.1 Å². The van der Waals surface area contributed by atoms with Crippen LogP contribution < -0.4 is 10.1 Å². The summed E-state index contributed by atoms with van der Waals surface area (Å²) in [7, 11) is 3.11. The Kier molecular flexibility index (Phi) is 5.95. The number of hydrogen-bond acceptors (Lipinski definition) is 3. The monoisotopic (exact) mass is 271 g/mol. The van der Waals surface area contributed by atoms with Crippen LogP contribution in [0.3, 0.4) is 0 Å². The Morgan fingerprint density at radius 1 is 1.44 bits per heavy atom. The second kappa shape index (κ2) is 7.24. The maximum absolute atomic E-state index is 12.1. The molecule has 0 bridgehead atoms. The molecule has 1 N–H and O–H groups in total. The summed E-state index contributed by atoms with van der Waals surface area (Å²) in [6, 6.07) is 5.24. The first-order valence-corrected chi connectivity index (χ1v) is 6.16. The third-order valence-electron chi connectivity index (χ3n) is 2.49.